The Morgan fingerprint density at radius 2 is 2.00 bits per heavy atom. The topological polar surface area (TPSA) is 92.4 Å². The molecular weight excluding hydrogens is 220 g/mol. The summed E-state index contributed by atoms with van der Waals surface area (Å²) >= 11 is 0. The van der Waals surface area contributed by atoms with Crippen molar-refractivity contribution in [2.24, 2.45) is 11.7 Å². The SMILES string of the molecule is C[C@@H](NC(=O)C(N)CCC(=O)O)C1CCCC1. The van der Waals surface area contributed by atoms with E-state index in [2.05, 4.69) is 5.32 Å². The van der Waals surface area contributed by atoms with Crippen LogP contribution in [0.4, 0.5) is 0 Å². The highest BCUT2D eigenvalue weighted by atomic mass is 16.4. The molecule has 1 unspecified atom stereocenters. The van der Waals surface area contributed by atoms with Crippen LogP contribution in [0.3, 0.4) is 0 Å². The van der Waals surface area contributed by atoms with E-state index in [1.165, 1.54) is 12.8 Å². The van der Waals surface area contributed by atoms with E-state index < -0.39 is 12.0 Å². The van der Waals surface area contributed by atoms with E-state index >= 15 is 0 Å². The molecule has 0 radical (unpaired) electrons. The van der Waals surface area contributed by atoms with Gasteiger partial charge in [0.1, 0.15) is 0 Å². The van der Waals surface area contributed by atoms with Gasteiger partial charge in [-0.1, -0.05) is 12.8 Å². The minimum Gasteiger partial charge on any atom is -0.481 e. The molecule has 0 bridgehead atoms. The average Bonchev–Trinajstić information content (AvgIpc) is 2.78. The van der Waals surface area contributed by atoms with Crippen LogP contribution in [-0.4, -0.2) is 29.1 Å². The van der Waals surface area contributed by atoms with E-state index in [-0.39, 0.29) is 24.8 Å². The predicted octanol–water partition coefficient (Wildman–Crippen LogP) is 0.873. The van der Waals surface area contributed by atoms with Gasteiger partial charge < -0.3 is 16.2 Å². The number of carbonyl (C=O) groups excluding carboxylic acids is 1. The molecule has 0 aromatic rings. The highest BCUT2D eigenvalue weighted by Crippen LogP contribution is 2.27. The molecule has 0 spiro atoms. The first kappa shape index (κ1) is 14.0. The van der Waals surface area contributed by atoms with E-state index in [4.69, 9.17) is 10.8 Å². The largest absolute Gasteiger partial charge is 0.481 e. The smallest absolute Gasteiger partial charge is 0.303 e. The van der Waals surface area contributed by atoms with E-state index in [0.29, 0.717) is 5.92 Å². The maximum atomic E-state index is 11.7. The summed E-state index contributed by atoms with van der Waals surface area (Å²) in [6, 6.07) is -0.573. The van der Waals surface area contributed by atoms with Crippen LogP contribution in [0.1, 0.15) is 45.4 Å². The number of carbonyl (C=O) groups is 2. The van der Waals surface area contributed by atoms with Gasteiger partial charge in [0.2, 0.25) is 5.91 Å². The molecule has 0 saturated heterocycles. The highest BCUT2D eigenvalue weighted by Gasteiger charge is 2.24. The monoisotopic (exact) mass is 242 g/mol. The van der Waals surface area contributed by atoms with Crippen molar-refractivity contribution in [2.45, 2.75) is 57.5 Å². The van der Waals surface area contributed by atoms with Crippen molar-refractivity contribution in [3.8, 4) is 0 Å². The molecule has 0 aliphatic heterocycles. The van der Waals surface area contributed by atoms with E-state index in [1.807, 2.05) is 6.92 Å². The van der Waals surface area contributed by atoms with Crippen molar-refractivity contribution in [1.29, 1.82) is 0 Å². The molecule has 1 aliphatic rings. The first-order chi connectivity index (χ1) is 8.00. The Kier molecular flexibility index (Phi) is 5.41. The Morgan fingerprint density at radius 1 is 1.41 bits per heavy atom. The van der Waals surface area contributed by atoms with Crippen LogP contribution >= 0.6 is 0 Å². The standard InChI is InChI=1S/C12H22N2O3/c1-8(9-4-2-3-5-9)14-12(17)10(13)6-7-11(15)16/h8-10H,2-7,13H2,1H3,(H,14,17)(H,15,16)/t8-,10?/m1/s1. The highest BCUT2D eigenvalue weighted by molar-refractivity contribution is 5.82. The zero-order valence-electron chi connectivity index (χ0n) is 10.3. The van der Waals surface area contributed by atoms with Crippen LogP contribution in [0.15, 0.2) is 0 Å². The van der Waals surface area contributed by atoms with E-state index in [9.17, 15) is 9.59 Å². The van der Waals surface area contributed by atoms with Crippen molar-refractivity contribution in [3.05, 3.63) is 0 Å². The maximum absolute atomic E-state index is 11.7. The molecule has 1 saturated carbocycles. The van der Waals surface area contributed by atoms with Gasteiger partial charge in [0.15, 0.2) is 0 Å². The van der Waals surface area contributed by atoms with E-state index in [0.717, 1.165) is 12.8 Å². The molecule has 0 aromatic carbocycles. The van der Waals surface area contributed by atoms with Gasteiger partial charge in [-0.3, -0.25) is 9.59 Å². The van der Waals surface area contributed by atoms with Crippen LogP contribution in [-0.2, 0) is 9.59 Å². The Bertz CT molecular complexity index is 275. The number of rotatable bonds is 6. The quantitative estimate of drug-likeness (QED) is 0.644. The third-order valence-corrected chi connectivity index (χ3v) is 3.48. The molecule has 0 aromatic heterocycles. The lowest BCUT2D eigenvalue weighted by molar-refractivity contribution is -0.137. The van der Waals surface area contributed by atoms with Gasteiger partial charge in [0.25, 0.3) is 0 Å². The number of hydrogen-bond donors (Lipinski definition) is 3. The number of amides is 1. The molecule has 98 valence electrons. The fourth-order valence-corrected chi connectivity index (χ4v) is 2.32. The Morgan fingerprint density at radius 3 is 2.53 bits per heavy atom. The van der Waals surface area contributed by atoms with Gasteiger partial charge in [-0.25, -0.2) is 0 Å². The van der Waals surface area contributed by atoms with Gasteiger partial charge in [-0.05, 0) is 32.1 Å². The number of carboxylic acid groups (broad SMARTS) is 1. The van der Waals surface area contributed by atoms with Crippen molar-refractivity contribution < 1.29 is 14.7 Å². The summed E-state index contributed by atoms with van der Waals surface area (Å²) in [5.74, 6) is -0.603. The number of carboxylic acids is 1. The molecule has 17 heavy (non-hydrogen) atoms. The van der Waals surface area contributed by atoms with Crippen molar-refractivity contribution in [3.63, 3.8) is 0 Å². The summed E-state index contributed by atoms with van der Waals surface area (Å²) in [7, 11) is 0. The van der Waals surface area contributed by atoms with Gasteiger partial charge >= 0.3 is 5.97 Å². The lowest BCUT2D eigenvalue weighted by Crippen LogP contribution is -2.46. The molecule has 1 rings (SSSR count). The van der Waals surface area contributed by atoms with Crippen LogP contribution in [0.2, 0.25) is 0 Å². The summed E-state index contributed by atoms with van der Waals surface area (Å²) in [5, 5.41) is 11.4. The lowest BCUT2D eigenvalue weighted by Gasteiger charge is -2.22. The fourth-order valence-electron chi connectivity index (χ4n) is 2.32. The Labute approximate surface area is 102 Å². The molecule has 4 N–H and O–H groups in total. The molecule has 1 amide bonds. The second-order valence-electron chi connectivity index (χ2n) is 4.88. The van der Waals surface area contributed by atoms with E-state index in [1.54, 1.807) is 0 Å². The van der Waals surface area contributed by atoms with Crippen LogP contribution in [0.25, 0.3) is 0 Å². The normalized spacial score (nSPS) is 19.9. The number of aliphatic carboxylic acids is 1. The second kappa shape index (κ2) is 6.59. The lowest BCUT2D eigenvalue weighted by atomic mass is 9.99. The molecule has 1 fully saturated rings. The Balaban J connectivity index is 2.29. The summed E-state index contributed by atoms with van der Waals surface area (Å²) in [6.45, 7) is 2.00. The van der Waals surface area contributed by atoms with Gasteiger partial charge in [-0.2, -0.15) is 0 Å². The van der Waals surface area contributed by atoms with Crippen LogP contribution in [0, 0.1) is 5.92 Å². The molecule has 5 heteroatoms. The predicted molar refractivity (Wildman–Crippen MR) is 64.4 cm³/mol. The molecular formula is C12H22N2O3. The third kappa shape index (κ3) is 4.73. The Hall–Kier alpha value is -1.10. The molecule has 0 heterocycles. The summed E-state index contributed by atoms with van der Waals surface area (Å²) in [5.41, 5.74) is 5.64. The molecule has 5 nitrogen and oxygen atoms in total. The maximum Gasteiger partial charge on any atom is 0.303 e. The summed E-state index contributed by atoms with van der Waals surface area (Å²) in [6.07, 6.45) is 4.91. The average molecular weight is 242 g/mol. The van der Waals surface area contributed by atoms with Crippen LogP contribution < -0.4 is 11.1 Å². The zero-order valence-corrected chi connectivity index (χ0v) is 10.3. The number of nitrogens with two attached hydrogens (primary N) is 1. The minimum absolute atomic E-state index is 0.0631. The minimum atomic E-state index is -0.919. The van der Waals surface area contributed by atoms with Gasteiger partial charge in [0.05, 0.1) is 6.04 Å². The number of hydrogen-bond acceptors (Lipinski definition) is 3. The number of nitrogens with one attached hydrogen (secondary N) is 1. The van der Waals surface area contributed by atoms with Crippen LogP contribution in [0.5, 0.6) is 0 Å². The second-order valence-corrected chi connectivity index (χ2v) is 4.88. The van der Waals surface area contributed by atoms with Gasteiger partial charge in [0, 0.05) is 12.5 Å². The third-order valence-electron chi connectivity index (χ3n) is 3.48. The van der Waals surface area contributed by atoms with Crippen molar-refractivity contribution in [1.82, 2.24) is 5.32 Å². The zero-order chi connectivity index (χ0) is 12.8. The molecule has 2 atom stereocenters. The molecule has 1 aliphatic carbocycles. The summed E-state index contributed by atoms with van der Waals surface area (Å²) in [4.78, 5) is 22.1. The van der Waals surface area contributed by atoms with Crippen molar-refractivity contribution in [2.75, 3.05) is 0 Å². The van der Waals surface area contributed by atoms with Gasteiger partial charge in [-0.15, -0.1) is 0 Å². The first-order valence-electron chi connectivity index (χ1n) is 6.28. The summed E-state index contributed by atoms with van der Waals surface area (Å²) < 4.78 is 0. The first-order valence-corrected chi connectivity index (χ1v) is 6.28. The van der Waals surface area contributed by atoms with Crippen molar-refractivity contribution >= 4 is 11.9 Å². The fraction of sp³-hybridized carbons (Fsp3) is 0.833.